The smallest absolute Gasteiger partial charge is 0.266 e. The Labute approximate surface area is 155 Å². The second-order valence-corrected chi connectivity index (χ2v) is 7.64. The number of nitrogens with zero attached hydrogens (tertiary/aromatic N) is 3. The first-order chi connectivity index (χ1) is 12.7. The van der Waals surface area contributed by atoms with Crippen LogP contribution >= 0.6 is 22.7 Å². The normalized spacial score (nSPS) is 12.7. The van der Waals surface area contributed by atoms with E-state index in [0.29, 0.717) is 21.6 Å². The number of hydrogen-bond acceptors (Lipinski definition) is 7. The van der Waals surface area contributed by atoms with Crippen molar-refractivity contribution in [2.75, 3.05) is 12.1 Å². The van der Waals surface area contributed by atoms with Gasteiger partial charge in [-0.15, -0.1) is 11.3 Å². The molecule has 0 aliphatic carbocycles. The van der Waals surface area contributed by atoms with Gasteiger partial charge in [0.25, 0.3) is 5.91 Å². The van der Waals surface area contributed by atoms with Crippen molar-refractivity contribution in [3.63, 3.8) is 0 Å². The summed E-state index contributed by atoms with van der Waals surface area (Å²) in [6, 6.07) is 9.23. The number of fused-ring (bicyclic) bond motifs is 2. The van der Waals surface area contributed by atoms with E-state index in [1.807, 2.05) is 36.6 Å². The monoisotopic (exact) mass is 384 g/mol. The standard InChI is InChI=1S/C17H12N4O3S2/c1-9-5-15(19-16(22)13-3-2-4-25-13)21(20-9)17-18-10-6-11-12(24-8-23-11)7-14(10)26-17/h2-7H,8H2,1H3,(H,19,22). The molecule has 0 fully saturated rings. The molecule has 4 aromatic rings. The molecular weight excluding hydrogens is 372 g/mol. The number of aryl methyl sites for hydroxylation is 1. The van der Waals surface area contributed by atoms with Crippen molar-refractivity contribution in [2.45, 2.75) is 6.92 Å². The first-order valence-corrected chi connectivity index (χ1v) is 9.49. The molecule has 0 atom stereocenters. The van der Waals surface area contributed by atoms with E-state index in [-0.39, 0.29) is 12.7 Å². The molecule has 0 radical (unpaired) electrons. The van der Waals surface area contributed by atoms with Gasteiger partial charge in [-0.2, -0.15) is 9.78 Å². The average molecular weight is 384 g/mol. The molecule has 5 rings (SSSR count). The summed E-state index contributed by atoms with van der Waals surface area (Å²) in [6.45, 7) is 2.11. The maximum atomic E-state index is 12.4. The predicted octanol–water partition coefficient (Wildman–Crippen LogP) is 3.83. The Hall–Kier alpha value is -2.91. The van der Waals surface area contributed by atoms with Crippen LogP contribution in [-0.2, 0) is 0 Å². The highest BCUT2D eigenvalue weighted by Crippen LogP contribution is 2.38. The number of rotatable bonds is 3. The van der Waals surface area contributed by atoms with E-state index < -0.39 is 0 Å². The van der Waals surface area contributed by atoms with Crippen LogP contribution in [0.3, 0.4) is 0 Å². The van der Waals surface area contributed by atoms with Crippen molar-refractivity contribution in [1.82, 2.24) is 14.8 Å². The van der Waals surface area contributed by atoms with Crippen LogP contribution in [0.2, 0.25) is 0 Å². The first kappa shape index (κ1) is 15.4. The van der Waals surface area contributed by atoms with E-state index in [9.17, 15) is 4.79 Å². The van der Waals surface area contributed by atoms with E-state index in [4.69, 9.17) is 9.47 Å². The van der Waals surface area contributed by atoms with Crippen molar-refractivity contribution < 1.29 is 14.3 Å². The van der Waals surface area contributed by atoms with Crippen LogP contribution in [0, 0.1) is 6.92 Å². The summed E-state index contributed by atoms with van der Waals surface area (Å²) in [4.78, 5) is 17.7. The number of anilines is 1. The molecule has 9 heteroatoms. The van der Waals surface area contributed by atoms with Crippen LogP contribution in [0.4, 0.5) is 5.82 Å². The molecule has 0 unspecified atom stereocenters. The Balaban J connectivity index is 1.54. The minimum atomic E-state index is -0.164. The molecule has 1 amide bonds. The van der Waals surface area contributed by atoms with Crippen LogP contribution in [0.15, 0.2) is 35.7 Å². The predicted molar refractivity (Wildman–Crippen MR) is 99.9 cm³/mol. The summed E-state index contributed by atoms with van der Waals surface area (Å²) in [7, 11) is 0. The van der Waals surface area contributed by atoms with Crippen molar-refractivity contribution in [1.29, 1.82) is 0 Å². The fourth-order valence-electron chi connectivity index (χ4n) is 2.72. The van der Waals surface area contributed by atoms with E-state index in [0.717, 1.165) is 21.7 Å². The summed E-state index contributed by atoms with van der Waals surface area (Å²) in [6.07, 6.45) is 0. The lowest BCUT2D eigenvalue weighted by Crippen LogP contribution is -2.13. The first-order valence-electron chi connectivity index (χ1n) is 7.79. The Kier molecular flexibility index (Phi) is 3.44. The summed E-state index contributed by atoms with van der Waals surface area (Å²) in [5, 5.41) is 9.93. The second-order valence-electron chi connectivity index (χ2n) is 5.68. The van der Waals surface area contributed by atoms with Gasteiger partial charge in [-0.25, -0.2) is 4.98 Å². The zero-order valence-corrected chi connectivity index (χ0v) is 15.2. The van der Waals surface area contributed by atoms with Crippen LogP contribution in [0.5, 0.6) is 11.5 Å². The van der Waals surface area contributed by atoms with E-state index >= 15 is 0 Å². The Bertz CT molecular complexity index is 1090. The summed E-state index contributed by atoms with van der Waals surface area (Å²) >= 11 is 2.87. The number of carbonyl (C=O) groups is 1. The summed E-state index contributed by atoms with van der Waals surface area (Å²) in [5.41, 5.74) is 1.60. The van der Waals surface area contributed by atoms with E-state index in [1.165, 1.54) is 22.7 Å². The van der Waals surface area contributed by atoms with Gasteiger partial charge in [-0.3, -0.25) is 4.79 Å². The van der Waals surface area contributed by atoms with Crippen molar-refractivity contribution in [3.05, 3.63) is 46.3 Å². The van der Waals surface area contributed by atoms with Crippen LogP contribution in [-0.4, -0.2) is 27.5 Å². The zero-order valence-electron chi connectivity index (χ0n) is 13.6. The van der Waals surface area contributed by atoms with Crippen LogP contribution < -0.4 is 14.8 Å². The highest BCUT2D eigenvalue weighted by Gasteiger charge is 2.19. The lowest BCUT2D eigenvalue weighted by atomic mass is 10.3. The second kappa shape index (κ2) is 5.82. The van der Waals surface area contributed by atoms with Gasteiger partial charge in [0.2, 0.25) is 11.9 Å². The number of hydrogen-bond donors (Lipinski definition) is 1. The Morgan fingerprint density at radius 2 is 2.12 bits per heavy atom. The molecule has 26 heavy (non-hydrogen) atoms. The third kappa shape index (κ3) is 2.52. The van der Waals surface area contributed by atoms with Gasteiger partial charge in [0.1, 0.15) is 5.82 Å². The molecule has 130 valence electrons. The number of thiazole rings is 1. The number of amides is 1. The number of aromatic nitrogens is 3. The number of thiophene rings is 1. The van der Waals surface area contributed by atoms with Crippen molar-refractivity contribution >= 4 is 44.6 Å². The minimum Gasteiger partial charge on any atom is -0.454 e. The molecule has 0 bridgehead atoms. The molecule has 7 nitrogen and oxygen atoms in total. The fourth-order valence-corrected chi connectivity index (χ4v) is 4.28. The molecular formula is C17H12N4O3S2. The van der Waals surface area contributed by atoms with Gasteiger partial charge >= 0.3 is 0 Å². The van der Waals surface area contributed by atoms with Crippen molar-refractivity contribution in [3.8, 4) is 16.6 Å². The fraction of sp³-hybridized carbons (Fsp3) is 0.118. The maximum absolute atomic E-state index is 12.4. The number of carbonyl (C=O) groups excluding carboxylic acids is 1. The third-order valence-corrected chi connectivity index (χ3v) is 5.73. The number of ether oxygens (including phenoxy) is 2. The lowest BCUT2D eigenvalue weighted by molar-refractivity contribution is 0.103. The largest absolute Gasteiger partial charge is 0.454 e. The highest BCUT2D eigenvalue weighted by molar-refractivity contribution is 7.20. The van der Waals surface area contributed by atoms with E-state index in [1.54, 1.807) is 10.7 Å². The molecule has 0 saturated carbocycles. The zero-order chi connectivity index (χ0) is 17.7. The van der Waals surface area contributed by atoms with Crippen LogP contribution in [0.25, 0.3) is 15.3 Å². The van der Waals surface area contributed by atoms with Gasteiger partial charge in [0, 0.05) is 18.2 Å². The van der Waals surface area contributed by atoms with Gasteiger partial charge in [-0.1, -0.05) is 17.4 Å². The Morgan fingerprint density at radius 1 is 1.27 bits per heavy atom. The average Bonchev–Trinajstić information content (AvgIpc) is 3.38. The SMILES string of the molecule is Cc1cc(NC(=O)c2cccs2)n(-c2nc3cc4c(cc3s2)OCO4)n1. The van der Waals surface area contributed by atoms with Gasteiger partial charge in [0.15, 0.2) is 11.5 Å². The molecule has 3 aromatic heterocycles. The van der Waals surface area contributed by atoms with Gasteiger partial charge in [-0.05, 0) is 18.4 Å². The molecule has 0 saturated heterocycles. The minimum absolute atomic E-state index is 0.164. The topological polar surface area (TPSA) is 78.3 Å². The molecule has 0 spiro atoms. The van der Waals surface area contributed by atoms with Crippen LogP contribution in [0.1, 0.15) is 15.4 Å². The summed E-state index contributed by atoms with van der Waals surface area (Å²) < 4.78 is 13.4. The molecule has 1 aliphatic heterocycles. The Morgan fingerprint density at radius 3 is 2.92 bits per heavy atom. The van der Waals surface area contributed by atoms with Crippen molar-refractivity contribution in [2.24, 2.45) is 0 Å². The number of benzene rings is 1. The summed E-state index contributed by atoms with van der Waals surface area (Å²) in [5.74, 6) is 1.83. The highest BCUT2D eigenvalue weighted by atomic mass is 32.1. The number of nitrogens with one attached hydrogen (secondary N) is 1. The third-order valence-electron chi connectivity index (χ3n) is 3.87. The molecule has 1 aromatic carbocycles. The van der Waals surface area contributed by atoms with E-state index in [2.05, 4.69) is 15.4 Å². The maximum Gasteiger partial charge on any atom is 0.266 e. The lowest BCUT2D eigenvalue weighted by Gasteiger charge is -2.04. The van der Waals surface area contributed by atoms with Gasteiger partial charge in [0.05, 0.1) is 20.8 Å². The molecule has 1 N–H and O–H groups in total. The molecule has 4 heterocycles. The molecule has 1 aliphatic rings. The quantitative estimate of drug-likeness (QED) is 0.581. The van der Waals surface area contributed by atoms with Gasteiger partial charge < -0.3 is 14.8 Å².